The number of amides is 4. The first-order valence-electron chi connectivity index (χ1n) is 20.2. The molecule has 0 unspecified atom stereocenters. The topological polar surface area (TPSA) is 124 Å². The summed E-state index contributed by atoms with van der Waals surface area (Å²) >= 11 is 0. The van der Waals surface area contributed by atoms with Crippen LogP contribution < -0.4 is 20.1 Å². The van der Waals surface area contributed by atoms with Gasteiger partial charge in [-0.05, 0) is 106 Å². The van der Waals surface area contributed by atoms with Crippen LogP contribution >= 0.6 is 0 Å². The van der Waals surface area contributed by atoms with E-state index in [9.17, 15) is 19.2 Å². The van der Waals surface area contributed by atoms with Gasteiger partial charge in [-0.3, -0.25) is 29.0 Å². The van der Waals surface area contributed by atoms with Crippen molar-refractivity contribution in [2.75, 3.05) is 66.1 Å². The van der Waals surface area contributed by atoms with Crippen molar-refractivity contribution in [3.05, 3.63) is 60.2 Å². The summed E-state index contributed by atoms with van der Waals surface area (Å²) in [5, 5.41) is 6.62. The van der Waals surface area contributed by atoms with Crippen LogP contribution in [0.3, 0.4) is 0 Å². The molecular formula is C42H58N6O6. The van der Waals surface area contributed by atoms with E-state index >= 15 is 0 Å². The van der Waals surface area contributed by atoms with Crippen molar-refractivity contribution in [1.29, 1.82) is 0 Å². The summed E-state index contributed by atoms with van der Waals surface area (Å²) < 4.78 is 11.2. The maximum Gasteiger partial charge on any atom is 0.260 e. The number of ether oxygens (including phenoxy) is 2. The van der Waals surface area contributed by atoms with Gasteiger partial charge in [-0.2, -0.15) is 0 Å². The summed E-state index contributed by atoms with van der Waals surface area (Å²) in [6, 6.07) is 17.5. The zero-order chi connectivity index (χ0) is 37.5. The van der Waals surface area contributed by atoms with Gasteiger partial charge >= 0.3 is 0 Å². The van der Waals surface area contributed by atoms with Gasteiger partial charge in [-0.15, -0.1) is 0 Å². The van der Waals surface area contributed by atoms with Gasteiger partial charge in [-0.1, -0.05) is 30.3 Å². The molecule has 292 valence electrons. The minimum Gasteiger partial charge on any atom is -0.497 e. The lowest BCUT2D eigenvalue weighted by Gasteiger charge is -2.44. The van der Waals surface area contributed by atoms with Crippen molar-refractivity contribution in [3.8, 4) is 11.5 Å². The number of hydrogen-bond acceptors (Lipinski definition) is 8. The molecule has 2 bridgehead atoms. The van der Waals surface area contributed by atoms with Crippen LogP contribution in [0.15, 0.2) is 54.6 Å². The molecule has 6 saturated heterocycles. The summed E-state index contributed by atoms with van der Waals surface area (Å²) in [6.45, 7) is 6.26. The van der Waals surface area contributed by atoms with Gasteiger partial charge in [0, 0.05) is 64.7 Å². The molecule has 0 radical (unpaired) electrons. The van der Waals surface area contributed by atoms with E-state index in [0.717, 1.165) is 83.5 Å². The number of carbonyl (C=O) groups is 4. The second-order valence-electron chi connectivity index (χ2n) is 16.2. The fraction of sp³-hybridized carbons (Fsp3) is 0.619. The number of nitrogens with zero attached hydrogens (tertiary/aromatic N) is 4. The highest BCUT2D eigenvalue weighted by atomic mass is 16.5. The van der Waals surface area contributed by atoms with E-state index in [1.54, 1.807) is 12.0 Å². The number of rotatable bonds is 6. The largest absolute Gasteiger partial charge is 0.497 e. The third-order valence-electron chi connectivity index (χ3n) is 12.7. The quantitative estimate of drug-likeness (QED) is 0.462. The minimum atomic E-state index is -0.741. The highest BCUT2D eigenvalue weighted by molar-refractivity contribution is 5.85. The van der Waals surface area contributed by atoms with Gasteiger partial charge in [0.25, 0.3) is 5.91 Å². The lowest BCUT2D eigenvalue weighted by molar-refractivity contribution is -0.138. The molecule has 0 aliphatic carbocycles. The van der Waals surface area contributed by atoms with Crippen molar-refractivity contribution < 1.29 is 28.7 Å². The number of likely N-dealkylation sites (tertiary alicyclic amines) is 2. The standard InChI is InChI=1S/C42H58N6O6/c1-53-36-10-5-7-31(25-36)28-45-20-13-32-26-39(50)46-21-14-34(15-22-46)48-19-6-11-37(48)41(52)44-42(27-38(49)43-18-12-33(32)29-45)16-23-47(24-17-42)40(51)30-54-35-8-3-2-4-9-35/h2-5,7-10,25,32-34,37H,6,11-24,26-30H2,1H3,(H,43,49)(H,44,52)/t32-,33-,37-/m0/s1. The highest BCUT2D eigenvalue weighted by Crippen LogP contribution is 2.34. The molecule has 2 aromatic rings. The van der Waals surface area contributed by atoms with Crippen molar-refractivity contribution in [2.24, 2.45) is 11.8 Å². The van der Waals surface area contributed by atoms with Crippen LogP contribution in [0.5, 0.6) is 11.5 Å². The number of para-hydroxylation sites is 1. The minimum absolute atomic E-state index is 0.0201. The Morgan fingerprint density at radius 3 is 2.41 bits per heavy atom. The van der Waals surface area contributed by atoms with E-state index in [0.29, 0.717) is 44.6 Å². The molecule has 6 fully saturated rings. The fourth-order valence-corrected chi connectivity index (χ4v) is 9.63. The SMILES string of the molecule is COc1cccc(CN2CC[C@H]3CC(=O)N4CCC(CC4)N4CCC[C@H]4C(=O)NC4(CCN(C(=O)COc5ccccc5)CC4)CC(=O)NCC[C@H]3C2)c1. The van der Waals surface area contributed by atoms with Gasteiger partial charge in [0.2, 0.25) is 17.7 Å². The Kier molecular flexibility index (Phi) is 12.4. The van der Waals surface area contributed by atoms with E-state index in [2.05, 4.69) is 37.5 Å². The number of hydrogen-bond donors (Lipinski definition) is 2. The van der Waals surface area contributed by atoms with Crippen molar-refractivity contribution in [1.82, 2.24) is 30.2 Å². The van der Waals surface area contributed by atoms with Crippen LogP contribution in [0.2, 0.25) is 0 Å². The predicted octanol–water partition coefficient (Wildman–Crippen LogP) is 3.45. The van der Waals surface area contributed by atoms with Crippen LogP contribution in [0.1, 0.15) is 69.8 Å². The van der Waals surface area contributed by atoms with Gasteiger partial charge in [0.1, 0.15) is 11.5 Å². The number of fused-ring (bicyclic) bond motifs is 8. The first-order chi connectivity index (χ1) is 26.3. The summed E-state index contributed by atoms with van der Waals surface area (Å²) in [4.78, 5) is 63.5. The van der Waals surface area contributed by atoms with E-state index < -0.39 is 5.54 Å². The molecule has 6 heterocycles. The smallest absolute Gasteiger partial charge is 0.260 e. The molecule has 3 atom stereocenters. The number of methoxy groups -OCH3 is 1. The molecule has 12 nitrogen and oxygen atoms in total. The Bertz CT molecular complexity index is 1610. The van der Waals surface area contributed by atoms with Gasteiger partial charge < -0.3 is 29.9 Å². The van der Waals surface area contributed by atoms with Crippen LogP contribution in [0.25, 0.3) is 0 Å². The lowest BCUT2D eigenvalue weighted by Crippen LogP contribution is -2.61. The van der Waals surface area contributed by atoms with Crippen LogP contribution in [-0.2, 0) is 25.7 Å². The Hall–Kier alpha value is -4.16. The monoisotopic (exact) mass is 742 g/mol. The molecule has 0 aromatic heterocycles. The summed E-state index contributed by atoms with van der Waals surface area (Å²) in [7, 11) is 1.69. The van der Waals surface area contributed by atoms with E-state index in [1.807, 2.05) is 42.5 Å². The number of carbonyl (C=O) groups excluding carboxylic acids is 4. The average molecular weight is 743 g/mol. The molecule has 4 amide bonds. The van der Waals surface area contributed by atoms with Crippen LogP contribution in [-0.4, -0.2) is 127 Å². The molecule has 2 N–H and O–H groups in total. The number of benzene rings is 2. The Balaban J connectivity index is 1.05. The maximum absolute atomic E-state index is 14.2. The normalized spacial score (nSPS) is 26.3. The molecule has 12 heteroatoms. The highest BCUT2D eigenvalue weighted by Gasteiger charge is 2.44. The number of nitrogens with one attached hydrogen (secondary N) is 2. The molecule has 1 spiro atoms. The van der Waals surface area contributed by atoms with Gasteiger partial charge in [0.15, 0.2) is 6.61 Å². The molecule has 6 aliphatic heterocycles. The Morgan fingerprint density at radius 2 is 1.63 bits per heavy atom. The second kappa shape index (κ2) is 17.5. The maximum atomic E-state index is 14.2. The summed E-state index contributed by atoms with van der Waals surface area (Å²) in [5.41, 5.74) is 0.457. The van der Waals surface area contributed by atoms with Crippen molar-refractivity contribution in [2.45, 2.75) is 88.4 Å². The Morgan fingerprint density at radius 1 is 0.852 bits per heavy atom. The third-order valence-corrected chi connectivity index (χ3v) is 12.7. The predicted molar refractivity (Wildman–Crippen MR) is 205 cm³/mol. The average Bonchev–Trinajstić information content (AvgIpc) is 3.69. The molecule has 6 aliphatic rings. The van der Waals surface area contributed by atoms with Crippen molar-refractivity contribution >= 4 is 23.6 Å². The van der Waals surface area contributed by atoms with Gasteiger partial charge in [0.05, 0.1) is 18.7 Å². The first-order valence-corrected chi connectivity index (χ1v) is 20.2. The summed E-state index contributed by atoms with van der Waals surface area (Å²) in [6.07, 6.45) is 6.91. The molecular weight excluding hydrogens is 684 g/mol. The zero-order valence-corrected chi connectivity index (χ0v) is 31.9. The van der Waals surface area contributed by atoms with E-state index in [-0.39, 0.29) is 60.6 Å². The third kappa shape index (κ3) is 9.37. The first kappa shape index (κ1) is 38.1. The molecule has 0 saturated carbocycles. The lowest BCUT2D eigenvalue weighted by atomic mass is 9.80. The van der Waals surface area contributed by atoms with Crippen molar-refractivity contribution in [3.63, 3.8) is 0 Å². The van der Waals surface area contributed by atoms with Crippen LogP contribution in [0.4, 0.5) is 0 Å². The fourth-order valence-electron chi connectivity index (χ4n) is 9.63. The van der Waals surface area contributed by atoms with E-state index in [4.69, 9.17) is 9.47 Å². The van der Waals surface area contributed by atoms with E-state index in [1.165, 1.54) is 5.56 Å². The van der Waals surface area contributed by atoms with Crippen LogP contribution in [0, 0.1) is 11.8 Å². The molecule has 54 heavy (non-hydrogen) atoms. The summed E-state index contributed by atoms with van der Waals surface area (Å²) in [5.74, 6) is 2.05. The molecule has 8 rings (SSSR count). The zero-order valence-electron chi connectivity index (χ0n) is 31.9. The van der Waals surface area contributed by atoms with Gasteiger partial charge in [-0.25, -0.2) is 0 Å². The second-order valence-corrected chi connectivity index (χ2v) is 16.2. The number of piperidine rings is 3. The Labute approximate surface area is 319 Å². The molecule has 2 aromatic carbocycles.